The molecule has 0 atom stereocenters. The van der Waals surface area contributed by atoms with E-state index in [-0.39, 0.29) is 5.03 Å². The average molecular weight is 370 g/mol. The smallest absolute Gasteiger partial charge is 0.260 e. The van der Waals surface area contributed by atoms with Gasteiger partial charge in [-0.2, -0.15) is 9.40 Å². The molecular weight excluding hydrogens is 352 g/mol. The lowest BCUT2D eigenvalue weighted by Gasteiger charge is -2.34. The molecule has 26 heavy (non-hydrogen) atoms. The number of nitrogens with zero attached hydrogens (tertiary/aromatic N) is 5. The minimum absolute atomic E-state index is 0.124. The van der Waals surface area contributed by atoms with Gasteiger partial charge in [-0.15, -0.1) is 0 Å². The molecular formula is C17H18N6O2S. The Morgan fingerprint density at radius 1 is 0.923 bits per heavy atom. The van der Waals surface area contributed by atoms with Crippen LogP contribution in [0.2, 0.25) is 0 Å². The van der Waals surface area contributed by atoms with Crippen molar-refractivity contribution in [1.82, 2.24) is 24.5 Å². The average Bonchev–Trinajstić information content (AvgIpc) is 3.25. The second kappa shape index (κ2) is 6.85. The molecule has 0 amide bonds. The summed E-state index contributed by atoms with van der Waals surface area (Å²) in [5.41, 5.74) is 0.954. The Morgan fingerprint density at radius 2 is 1.69 bits per heavy atom. The SMILES string of the molecule is O=S(=O)(c1ccn[nH]1)N1CCN(c2ccnc(-c3ccccc3)n2)CC1. The molecule has 2 aromatic heterocycles. The second-order valence-corrected chi connectivity index (χ2v) is 7.82. The van der Waals surface area contributed by atoms with Crippen molar-refractivity contribution in [3.8, 4) is 11.4 Å². The number of piperazine rings is 1. The van der Waals surface area contributed by atoms with Crippen LogP contribution in [0.1, 0.15) is 0 Å². The maximum atomic E-state index is 12.5. The molecule has 0 bridgehead atoms. The Balaban J connectivity index is 1.49. The van der Waals surface area contributed by atoms with Crippen molar-refractivity contribution < 1.29 is 8.42 Å². The fourth-order valence-electron chi connectivity index (χ4n) is 2.94. The zero-order valence-corrected chi connectivity index (χ0v) is 14.8. The second-order valence-electron chi connectivity index (χ2n) is 5.92. The van der Waals surface area contributed by atoms with Gasteiger partial charge < -0.3 is 4.90 Å². The minimum atomic E-state index is -3.52. The molecule has 1 aliphatic heterocycles. The lowest BCUT2D eigenvalue weighted by Crippen LogP contribution is -2.49. The van der Waals surface area contributed by atoms with E-state index in [9.17, 15) is 8.42 Å². The Labute approximate surface area is 151 Å². The van der Waals surface area contributed by atoms with Crippen molar-refractivity contribution in [2.45, 2.75) is 5.03 Å². The van der Waals surface area contributed by atoms with Crippen molar-refractivity contribution >= 4 is 15.8 Å². The third-order valence-corrected chi connectivity index (χ3v) is 6.16. The highest BCUT2D eigenvalue weighted by Gasteiger charge is 2.29. The Morgan fingerprint density at radius 3 is 2.38 bits per heavy atom. The molecule has 3 aromatic rings. The number of aromatic nitrogens is 4. The van der Waals surface area contributed by atoms with E-state index < -0.39 is 10.0 Å². The van der Waals surface area contributed by atoms with Gasteiger partial charge in [0.15, 0.2) is 10.9 Å². The largest absolute Gasteiger partial charge is 0.354 e. The summed E-state index contributed by atoms with van der Waals surface area (Å²) in [5, 5.41) is 6.38. The number of aromatic amines is 1. The maximum Gasteiger partial charge on any atom is 0.260 e. The Kier molecular flexibility index (Phi) is 4.39. The molecule has 134 valence electrons. The van der Waals surface area contributed by atoms with Crippen LogP contribution in [-0.2, 0) is 10.0 Å². The van der Waals surface area contributed by atoms with Crippen LogP contribution in [0.25, 0.3) is 11.4 Å². The van der Waals surface area contributed by atoms with Gasteiger partial charge in [0.2, 0.25) is 0 Å². The molecule has 8 nitrogen and oxygen atoms in total. The van der Waals surface area contributed by atoms with E-state index in [4.69, 9.17) is 0 Å². The summed E-state index contributed by atoms with van der Waals surface area (Å²) in [4.78, 5) is 11.0. The highest BCUT2D eigenvalue weighted by Crippen LogP contribution is 2.21. The summed E-state index contributed by atoms with van der Waals surface area (Å²) in [6, 6.07) is 13.1. The van der Waals surface area contributed by atoms with Gasteiger partial charge >= 0.3 is 0 Å². The maximum absolute atomic E-state index is 12.5. The predicted octanol–water partition coefficient (Wildman–Crippen LogP) is 1.38. The quantitative estimate of drug-likeness (QED) is 0.745. The van der Waals surface area contributed by atoms with Gasteiger partial charge in [-0.3, -0.25) is 5.10 Å². The summed E-state index contributed by atoms with van der Waals surface area (Å²) in [6.07, 6.45) is 3.17. The Bertz CT molecular complexity index is 968. The van der Waals surface area contributed by atoms with Crippen LogP contribution < -0.4 is 4.90 Å². The predicted molar refractivity (Wildman–Crippen MR) is 97.0 cm³/mol. The zero-order chi connectivity index (χ0) is 18.0. The number of sulfonamides is 1. The first-order valence-corrected chi connectivity index (χ1v) is 9.71. The van der Waals surface area contributed by atoms with E-state index in [0.717, 1.165) is 11.4 Å². The van der Waals surface area contributed by atoms with Gasteiger partial charge in [0.25, 0.3) is 10.0 Å². The van der Waals surface area contributed by atoms with Crippen LogP contribution in [0, 0.1) is 0 Å². The molecule has 1 fully saturated rings. The summed E-state index contributed by atoms with van der Waals surface area (Å²) in [5.74, 6) is 1.47. The topological polar surface area (TPSA) is 95.1 Å². The molecule has 1 aromatic carbocycles. The van der Waals surface area contributed by atoms with Crippen molar-refractivity contribution in [3.63, 3.8) is 0 Å². The van der Waals surface area contributed by atoms with Gasteiger partial charge in [-0.1, -0.05) is 30.3 Å². The zero-order valence-electron chi connectivity index (χ0n) is 14.0. The standard InChI is InChI=1S/C17H18N6O2S/c24-26(25,16-7-9-19-21-16)23-12-10-22(11-13-23)15-6-8-18-17(20-15)14-4-2-1-3-5-14/h1-9H,10-13H2,(H,19,21). The fraction of sp³-hybridized carbons (Fsp3) is 0.235. The van der Waals surface area contributed by atoms with Gasteiger partial charge in [0.1, 0.15) is 5.82 Å². The van der Waals surface area contributed by atoms with Gasteiger partial charge in [0, 0.05) is 37.9 Å². The van der Waals surface area contributed by atoms with Gasteiger partial charge in [-0.05, 0) is 12.1 Å². The fourth-order valence-corrected chi connectivity index (χ4v) is 4.26. The van der Waals surface area contributed by atoms with E-state index in [1.807, 2.05) is 36.4 Å². The number of benzene rings is 1. The summed E-state index contributed by atoms with van der Waals surface area (Å²) < 4.78 is 26.6. The van der Waals surface area contributed by atoms with E-state index in [1.54, 1.807) is 6.20 Å². The van der Waals surface area contributed by atoms with E-state index in [2.05, 4.69) is 25.1 Å². The summed E-state index contributed by atoms with van der Waals surface area (Å²) in [6.45, 7) is 1.93. The highest BCUT2D eigenvalue weighted by molar-refractivity contribution is 7.89. The Hall–Kier alpha value is -2.78. The van der Waals surface area contributed by atoms with Crippen LogP contribution in [0.3, 0.4) is 0 Å². The van der Waals surface area contributed by atoms with Crippen LogP contribution in [0.5, 0.6) is 0 Å². The van der Waals surface area contributed by atoms with Gasteiger partial charge in [0.05, 0.1) is 6.20 Å². The van der Waals surface area contributed by atoms with Crippen LogP contribution in [0.4, 0.5) is 5.82 Å². The van der Waals surface area contributed by atoms with Crippen molar-refractivity contribution in [2.75, 3.05) is 31.1 Å². The molecule has 9 heteroatoms. The molecule has 4 rings (SSSR count). The van der Waals surface area contributed by atoms with Crippen molar-refractivity contribution in [1.29, 1.82) is 0 Å². The molecule has 1 saturated heterocycles. The third-order valence-electron chi connectivity index (χ3n) is 4.33. The number of anilines is 1. The van der Waals surface area contributed by atoms with E-state index >= 15 is 0 Å². The number of hydrogen-bond acceptors (Lipinski definition) is 6. The van der Waals surface area contributed by atoms with E-state index in [1.165, 1.54) is 16.6 Å². The molecule has 3 heterocycles. The third kappa shape index (κ3) is 3.18. The van der Waals surface area contributed by atoms with Crippen molar-refractivity contribution in [2.24, 2.45) is 0 Å². The van der Waals surface area contributed by atoms with Crippen LogP contribution in [0.15, 0.2) is 59.9 Å². The molecule has 1 N–H and O–H groups in total. The molecule has 0 aliphatic carbocycles. The molecule has 0 unspecified atom stereocenters. The normalized spacial score (nSPS) is 15.9. The number of H-pyrrole nitrogens is 1. The molecule has 1 aliphatic rings. The number of rotatable bonds is 4. The van der Waals surface area contributed by atoms with Gasteiger partial charge in [-0.25, -0.2) is 18.4 Å². The highest BCUT2D eigenvalue weighted by atomic mass is 32.2. The van der Waals surface area contributed by atoms with Crippen molar-refractivity contribution in [3.05, 3.63) is 54.9 Å². The number of hydrogen-bond donors (Lipinski definition) is 1. The molecule has 0 saturated carbocycles. The monoisotopic (exact) mass is 370 g/mol. The lowest BCUT2D eigenvalue weighted by atomic mass is 10.2. The van der Waals surface area contributed by atoms with Crippen LogP contribution >= 0.6 is 0 Å². The first-order chi connectivity index (χ1) is 12.6. The summed E-state index contributed by atoms with van der Waals surface area (Å²) in [7, 11) is -3.52. The van der Waals surface area contributed by atoms with Crippen LogP contribution in [-0.4, -0.2) is 59.1 Å². The first-order valence-electron chi connectivity index (χ1n) is 8.27. The first kappa shape index (κ1) is 16.7. The lowest BCUT2D eigenvalue weighted by molar-refractivity contribution is 0.382. The molecule has 0 radical (unpaired) electrons. The summed E-state index contributed by atoms with van der Waals surface area (Å²) >= 11 is 0. The van der Waals surface area contributed by atoms with E-state index in [0.29, 0.717) is 32.0 Å². The number of nitrogens with one attached hydrogen (secondary N) is 1. The molecule has 0 spiro atoms. The minimum Gasteiger partial charge on any atom is -0.354 e.